The minimum Gasteiger partial charge on any atom is -0.357 e. The molecule has 1 aliphatic rings. The van der Waals surface area contributed by atoms with Gasteiger partial charge in [-0.3, -0.25) is 9.79 Å². The van der Waals surface area contributed by atoms with Gasteiger partial charge < -0.3 is 19.9 Å². The van der Waals surface area contributed by atoms with E-state index in [1.807, 2.05) is 26.4 Å². The predicted molar refractivity (Wildman–Crippen MR) is 133 cm³/mol. The Morgan fingerprint density at radius 2 is 2.03 bits per heavy atom. The van der Waals surface area contributed by atoms with Gasteiger partial charge in [-0.2, -0.15) is 0 Å². The van der Waals surface area contributed by atoms with Gasteiger partial charge in [0.2, 0.25) is 5.91 Å². The van der Waals surface area contributed by atoms with Gasteiger partial charge in [-0.1, -0.05) is 18.9 Å². The number of imidazole rings is 1. The molecule has 0 radical (unpaired) electrons. The van der Waals surface area contributed by atoms with E-state index in [9.17, 15) is 4.79 Å². The van der Waals surface area contributed by atoms with Crippen LogP contribution in [0.5, 0.6) is 0 Å². The molecule has 2 aromatic heterocycles. The van der Waals surface area contributed by atoms with Gasteiger partial charge in [0.1, 0.15) is 5.65 Å². The molecule has 0 aliphatic heterocycles. The molecular formula is C22H35IN6O. The van der Waals surface area contributed by atoms with Crippen LogP contribution in [-0.4, -0.2) is 59.9 Å². The Balaban J connectivity index is 0.00000320. The number of aryl methyl sites for hydroxylation is 1. The number of hydrogen-bond donors (Lipinski definition) is 2. The van der Waals surface area contributed by atoms with Crippen LogP contribution >= 0.6 is 24.0 Å². The molecule has 0 saturated heterocycles. The maximum Gasteiger partial charge on any atom is 0.230 e. The SMILES string of the molecule is CCNC(=NCC1(C(=O)N(C)C)CCCC1)NCCc1cn2cccc(C)c2n1.I. The number of nitrogens with zero attached hydrogens (tertiary/aromatic N) is 4. The van der Waals surface area contributed by atoms with Crippen LogP contribution in [0.25, 0.3) is 5.65 Å². The number of carbonyl (C=O) groups excluding carboxylic acids is 1. The molecule has 1 aliphatic carbocycles. The van der Waals surface area contributed by atoms with Gasteiger partial charge in [-0.15, -0.1) is 24.0 Å². The zero-order valence-corrected chi connectivity index (χ0v) is 20.9. The summed E-state index contributed by atoms with van der Waals surface area (Å²) in [5, 5.41) is 6.70. The molecule has 0 bridgehead atoms. The molecule has 2 heterocycles. The van der Waals surface area contributed by atoms with Crippen LogP contribution < -0.4 is 10.6 Å². The number of pyridine rings is 1. The number of aromatic nitrogens is 2. The molecule has 1 fully saturated rings. The second-order valence-corrected chi connectivity index (χ2v) is 8.21. The van der Waals surface area contributed by atoms with Gasteiger partial charge in [0.15, 0.2) is 5.96 Å². The molecule has 1 amide bonds. The molecule has 7 nitrogen and oxygen atoms in total. The highest BCUT2D eigenvalue weighted by Crippen LogP contribution is 2.39. The Labute approximate surface area is 196 Å². The van der Waals surface area contributed by atoms with Gasteiger partial charge in [-0.05, 0) is 38.3 Å². The maximum atomic E-state index is 12.8. The van der Waals surface area contributed by atoms with Crippen LogP contribution in [0.1, 0.15) is 43.9 Å². The van der Waals surface area contributed by atoms with Crippen molar-refractivity contribution in [2.75, 3.05) is 33.7 Å². The molecule has 2 N–H and O–H groups in total. The lowest BCUT2D eigenvalue weighted by atomic mass is 9.85. The second kappa shape index (κ2) is 11.0. The van der Waals surface area contributed by atoms with E-state index in [-0.39, 0.29) is 35.3 Å². The van der Waals surface area contributed by atoms with E-state index in [1.54, 1.807) is 4.90 Å². The summed E-state index contributed by atoms with van der Waals surface area (Å²) in [5.74, 6) is 0.972. The third-order valence-corrected chi connectivity index (χ3v) is 5.71. The van der Waals surface area contributed by atoms with Gasteiger partial charge in [0.25, 0.3) is 0 Å². The summed E-state index contributed by atoms with van der Waals surface area (Å²) < 4.78 is 2.07. The summed E-state index contributed by atoms with van der Waals surface area (Å²) in [6.07, 6.45) is 8.98. The zero-order valence-electron chi connectivity index (χ0n) is 18.6. The summed E-state index contributed by atoms with van der Waals surface area (Å²) in [4.78, 5) is 24.0. The first-order valence-electron chi connectivity index (χ1n) is 10.6. The minimum absolute atomic E-state index is 0. The fraction of sp³-hybridized carbons (Fsp3) is 0.591. The van der Waals surface area contributed by atoms with E-state index < -0.39 is 0 Å². The highest BCUT2D eigenvalue weighted by molar-refractivity contribution is 14.0. The van der Waals surface area contributed by atoms with Gasteiger partial charge >= 0.3 is 0 Å². The Morgan fingerprint density at radius 1 is 1.30 bits per heavy atom. The standard InChI is InChI=1S/C22H34N6O.HI/c1-5-23-21(25-16-22(11-6-7-12-22)20(29)27(3)4)24-13-10-18-15-28-14-8-9-17(2)19(28)26-18;/h8-9,14-15H,5-7,10-13,16H2,1-4H3,(H2,23,24,25);1H. The van der Waals surface area contributed by atoms with E-state index >= 15 is 0 Å². The highest BCUT2D eigenvalue weighted by Gasteiger charge is 2.42. The lowest BCUT2D eigenvalue weighted by Gasteiger charge is -2.29. The molecule has 166 valence electrons. The van der Waals surface area contributed by atoms with Crippen molar-refractivity contribution in [2.45, 2.75) is 46.0 Å². The van der Waals surface area contributed by atoms with Crippen molar-refractivity contribution in [2.24, 2.45) is 10.4 Å². The monoisotopic (exact) mass is 526 g/mol. The van der Waals surface area contributed by atoms with Crippen LogP contribution in [0.2, 0.25) is 0 Å². The predicted octanol–water partition coefficient (Wildman–Crippen LogP) is 3.01. The first kappa shape index (κ1) is 24.4. The summed E-state index contributed by atoms with van der Waals surface area (Å²) in [7, 11) is 3.68. The van der Waals surface area contributed by atoms with E-state index in [1.165, 1.54) is 5.56 Å². The van der Waals surface area contributed by atoms with E-state index in [4.69, 9.17) is 9.98 Å². The van der Waals surface area contributed by atoms with Crippen molar-refractivity contribution in [3.05, 3.63) is 35.8 Å². The Hall–Kier alpha value is -1.84. The third-order valence-electron chi connectivity index (χ3n) is 5.71. The van der Waals surface area contributed by atoms with E-state index in [2.05, 4.69) is 41.1 Å². The molecule has 30 heavy (non-hydrogen) atoms. The molecule has 0 spiro atoms. The van der Waals surface area contributed by atoms with Crippen LogP contribution in [0.4, 0.5) is 0 Å². The summed E-state index contributed by atoms with van der Waals surface area (Å²) in [6.45, 7) is 6.19. The number of nitrogens with one attached hydrogen (secondary N) is 2. The van der Waals surface area contributed by atoms with Crippen molar-refractivity contribution in [3.8, 4) is 0 Å². The lowest BCUT2D eigenvalue weighted by Crippen LogP contribution is -2.43. The van der Waals surface area contributed by atoms with Crippen molar-refractivity contribution in [3.63, 3.8) is 0 Å². The number of hydrogen-bond acceptors (Lipinski definition) is 3. The number of halogens is 1. The summed E-state index contributed by atoms with van der Waals surface area (Å²) in [6, 6.07) is 4.12. The van der Waals surface area contributed by atoms with Crippen LogP contribution in [-0.2, 0) is 11.2 Å². The first-order valence-corrected chi connectivity index (χ1v) is 10.6. The molecule has 0 aromatic carbocycles. The van der Waals surface area contributed by atoms with Gasteiger partial charge in [-0.25, -0.2) is 4.98 Å². The number of rotatable bonds is 7. The van der Waals surface area contributed by atoms with Crippen molar-refractivity contribution in [1.82, 2.24) is 24.9 Å². The van der Waals surface area contributed by atoms with Crippen molar-refractivity contribution in [1.29, 1.82) is 0 Å². The van der Waals surface area contributed by atoms with Crippen LogP contribution in [0.3, 0.4) is 0 Å². The molecule has 3 rings (SSSR count). The van der Waals surface area contributed by atoms with Crippen LogP contribution in [0, 0.1) is 12.3 Å². The summed E-state index contributed by atoms with van der Waals surface area (Å²) >= 11 is 0. The summed E-state index contributed by atoms with van der Waals surface area (Å²) in [5.41, 5.74) is 2.89. The second-order valence-electron chi connectivity index (χ2n) is 8.21. The Bertz CT molecular complexity index is 870. The number of guanidine groups is 1. The van der Waals surface area contributed by atoms with E-state index in [0.29, 0.717) is 6.54 Å². The van der Waals surface area contributed by atoms with E-state index in [0.717, 1.165) is 62.5 Å². The third kappa shape index (κ3) is 5.65. The van der Waals surface area contributed by atoms with Crippen molar-refractivity contribution >= 4 is 41.5 Å². The fourth-order valence-electron chi connectivity index (χ4n) is 4.17. The molecule has 8 heteroatoms. The zero-order chi connectivity index (χ0) is 20.9. The topological polar surface area (TPSA) is 74.0 Å². The number of aliphatic imine (C=N–C) groups is 1. The number of fused-ring (bicyclic) bond motifs is 1. The minimum atomic E-state index is -0.342. The normalized spacial score (nSPS) is 15.7. The molecule has 2 aromatic rings. The maximum absolute atomic E-state index is 12.8. The number of amides is 1. The average Bonchev–Trinajstić information content (AvgIpc) is 3.34. The Morgan fingerprint density at radius 3 is 2.67 bits per heavy atom. The van der Waals surface area contributed by atoms with Gasteiger partial charge in [0.05, 0.1) is 17.7 Å². The molecule has 1 saturated carbocycles. The largest absolute Gasteiger partial charge is 0.357 e. The smallest absolute Gasteiger partial charge is 0.230 e. The number of carbonyl (C=O) groups is 1. The molecular weight excluding hydrogens is 491 g/mol. The molecule has 0 unspecified atom stereocenters. The van der Waals surface area contributed by atoms with Crippen molar-refractivity contribution < 1.29 is 4.79 Å². The lowest BCUT2D eigenvalue weighted by molar-refractivity contribution is -0.138. The molecule has 0 atom stereocenters. The van der Waals surface area contributed by atoms with Gasteiger partial charge in [0, 0.05) is 46.0 Å². The highest BCUT2D eigenvalue weighted by atomic mass is 127. The first-order chi connectivity index (χ1) is 13.9. The Kier molecular flexibility index (Phi) is 8.93. The average molecular weight is 526 g/mol. The quantitative estimate of drug-likeness (QED) is 0.331. The van der Waals surface area contributed by atoms with Crippen LogP contribution in [0.15, 0.2) is 29.5 Å². The fourth-order valence-corrected chi connectivity index (χ4v) is 4.17.